The highest BCUT2D eigenvalue weighted by molar-refractivity contribution is 9.10. The molecule has 0 bridgehead atoms. The van der Waals surface area contributed by atoms with Crippen molar-refractivity contribution in [2.45, 2.75) is 19.8 Å². The minimum absolute atomic E-state index is 0.0191. The second-order valence-corrected chi connectivity index (χ2v) is 5.06. The number of aliphatic carboxylic acids is 2. The molecule has 2 N–H and O–H groups in total. The Labute approximate surface area is 120 Å². The first-order valence-corrected chi connectivity index (χ1v) is 6.64. The van der Waals surface area contributed by atoms with E-state index >= 15 is 0 Å². The molecule has 0 aliphatic heterocycles. The lowest BCUT2D eigenvalue weighted by Crippen LogP contribution is -2.28. The maximum Gasteiger partial charge on any atom is 0.305 e. The fraction of sp³-hybridized carbons (Fsp3) is 0.385. The topological polar surface area (TPSA) is 77.8 Å². The van der Waals surface area contributed by atoms with Crippen LogP contribution in [0.4, 0.5) is 5.69 Å². The number of carboxylic acids is 2. The van der Waals surface area contributed by atoms with Crippen LogP contribution in [-0.2, 0) is 9.59 Å². The molecule has 5 nitrogen and oxygen atoms in total. The van der Waals surface area contributed by atoms with Crippen molar-refractivity contribution < 1.29 is 19.8 Å². The molecule has 0 atom stereocenters. The maximum atomic E-state index is 10.6. The van der Waals surface area contributed by atoms with Crippen molar-refractivity contribution in [3.05, 3.63) is 28.2 Å². The molecule has 0 saturated carbocycles. The number of carbonyl (C=O) groups is 2. The summed E-state index contributed by atoms with van der Waals surface area (Å²) in [7, 11) is 0. The summed E-state index contributed by atoms with van der Waals surface area (Å²) in [6, 6.07) is 5.63. The first kappa shape index (κ1) is 15.5. The first-order chi connectivity index (χ1) is 8.90. The van der Waals surface area contributed by atoms with Crippen molar-refractivity contribution >= 4 is 33.6 Å². The van der Waals surface area contributed by atoms with Crippen LogP contribution < -0.4 is 4.90 Å². The molecule has 0 heterocycles. The van der Waals surface area contributed by atoms with E-state index in [9.17, 15) is 9.59 Å². The van der Waals surface area contributed by atoms with Gasteiger partial charge < -0.3 is 15.1 Å². The fourth-order valence-corrected chi connectivity index (χ4v) is 1.90. The van der Waals surface area contributed by atoms with Gasteiger partial charge >= 0.3 is 11.9 Å². The van der Waals surface area contributed by atoms with E-state index in [1.54, 1.807) is 4.90 Å². The molecule has 0 fully saturated rings. The van der Waals surface area contributed by atoms with E-state index < -0.39 is 11.9 Å². The molecule has 0 aliphatic rings. The Morgan fingerprint density at radius 3 is 2.11 bits per heavy atom. The Morgan fingerprint density at radius 1 is 1.16 bits per heavy atom. The Morgan fingerprint density at radius 2 is 1.68 bits per heavy atom. The molecule has 6 heteroatoms. The highest BCUT2D eigenvalue weighted by atomic mass is 79.9. The van der Waals surface area contributed by atoms with E-state index in [1.165, 1.54) is 0 Å². The molecule has 104 valence electrons. The molecule has 0 unspecified atom stereocenters. The summed E-state index contributed by atoms with van der Waals surface area (Å²) >= 11 is 3.40. The van der Waals surface area contributed by atoms with Crippen molar-refractivity contribution in [1.29, 1.82) is 0 Å². The van der Waals surface area contributed by atoms with E-state index in [1.807, 2.05) is 25.1 Å². The molecule has 0 saturated heterocycles. The summed E-state index contributed by atoms with van der Waals surface area (Å²) < 4.78 is 0.965. The highest BCUT2D eigenvalue weighted by Gasteiger charge is 2.11. The van der Waals surface area contributed by atoms with Gasteiger partial charge in [0.2, 0.25) is 0 Å². The minimum atomic E-state index is -0.894. The monoisotopic (exact) mass is 329 g/mol. The summed E-state index contributed by atoms with van der Waals surface area (Å²) in [4.78, 5) is 23.1. The van der Waals surface area contributed by atoms with Crippen LogP contribution >= 0.6 is 15.9 Å². The van der Waals surface area contributed by atoms with Crippen LogP contribution in [-0.4, -0.2) is 35.2 Å². The zero-order chi connectivity index (χ0) is 14.4. The standard InChI is InChI=1S/C13H16BrNO4/c1-9-8-10(2-3-11(9)14)15(6-4-12(16)17)7-5-13(18)19/h2-3,8H,4-7H2,1H3,(H,16,17)(H,18,19). The van der Waals surface area contributed by atoms with Crippen molar-refractivity contribution in [2.24, 2.45) is 0 Å². The van der Waals surface area contributed by atoms with Crippen LogP contribution in [0.2, 0.25) is 0 Å². The van der Waals surface area contributed by atoms with Gasteiger partial charge in [-0.15, -0.1) is 0 Å². The number of carboxylic acid groups (broad SMARTS) is 2. The molecule has 0 radical (unpaired) electrons. The van der Waals surface area contributed by atoms with Crippen LogP contribution in [0.1, 0.15) is 18.4 Å². The molecule has 1 aromatic rings. The third kappa shape index (κ3) is 5.30. The molecule has 1 aromatic carbocycles. The highest BCUT2D eigenvalue weighted by Crippen LogP contribution is 2.23. The first-order valence-electron chi connectivity index (χ1n) is 5.85. The molecule has 0 amide bonds. The number of aryl methyl sites for hydroxylation is 1. The Kier molecular flexibility index (Phi) is 5.82. The van der Waals surface area contributed by atoms with Crippen molar-refractivity contribution in [1.82, 2.24) is 0 Å². The third-order valence-corrected chi connectivity index (χ3v) is 3.59. The van der Waals surface area contributed by atoms with Gasteiger partial charge in [-0.25, -0.2) is 0 Å². The van der Waals surface area contributed by atoms with Gasteiger partial charge in [-0.2, -0.15) is 0 Å². The molecule has 0 aromatic heterocycles. The predicted molar refractivity (Wildman–Crippen MR) is 75.6 cm³/mol. The molecule has 19 heavy (non-hydrogen) atoms. The van der Waals surface area contributed by atoms with Gasteiger partial charge in [-0.3, -0.25) is 9.59 Å². The van der Waals surface area contributed by atoms with Gasteiger partial charge in [-0.1, -0.05) is 15.9 Å². The zero-order valence-corrected chi connectivity index (χ0v) is 12.2. The van der Waals surface area contributed by atoms with Gasteiger partial charge in [0, 0.05) is 23.2 Å². The predicted octanol–water partition coefficient (Wildman–Crippen LogP) is 2.51. The molecular formula is C13H16BrNO4. The van der Waals surface area contributed by atoms with E-state index in [0.717, 1.165) is 15.7 Å². The smallest absolute Gasteiger partial charge is 0.305 e. The zero-order valence-electron chi connectivity index (χ0n) is 10.6. The van der Waals surface area contributed by atoms with Crippen molar-refractivity contribution in [3.63, 3.8) is 0 Å². The lowest BCUT2D eigenvalue weighted by Gasteiger charge is -2.24. The van der Waals surface area contributed by atoms with Gasteiger partial charge in [-0.05, 0) is 30.7 Å². The van der Waals surface area contributed by atoms with Crippen molar-refractivity contribution in [3.8, 4) is 0 Å². The van der Waals surface area contributed by atoms with Crippen LogP contribution in [0, 0.1) is 6.92 Å². The average Bonchev–Trinajstić information content (AvgIpc) is 2.32. The van der Waals surface area contributed by atoms with E-state index in [-0.39, 0.29) is 12.8 Å². The SMILES string of the molecule is Cc1cc(N(CCC(=O)O)CCC(=O)O)ccc1Br. The summed E-state index contributed by atoms with van der Waals surface area (Å²) in [6.07, 6.45) is -0.0382. The second-order valence-electron chi connectivity index (χ2n) is 4.21. The fourth-order valence-electron chi connectivity index (χ4n) is 1.66. The number of halogens is 1. The van der Waals surface area contributed by atoms with E-state index in [0.29, 0.717) is 13.1 Å². The number of rotatable bonds is 7. The molecule has 0 aliphatic carbocycles. The van der Waals surface area contributed by atoms with Crippen molar-refractivity contribution in [2.75, 3.05) is 18.0 Å². The normalized spacial score (nSPS) is 10.2. The summed E-state index contributed by atoms with van der Waals surface area (Å²) in [5, 5.41) is 17.5. The number of hydrogen-bond acceptors (Lipinski definition) is 3. The number of nitrogens with zero attached hydrogens (tertiary/aromatic N) is 1. The van der Waals surface area contributed by atoms with Gasteiger partial charge in [0.05, 0.1) is 12.8 Å². The van der Waals surface area contributed by atoms with Gasteiger partial charge in [0.15, 0.2) is 0 Å². The van der Waals surface area contributed by atoms with Crippen LogP contribution in [0.15, 0.2) is 22.7 Å². The number of benzene rings is 1. The van der Waals surface area contributed by atoms with Crippen LogP contribution in [0.25, 0.3) is 0 Å². The summed E-state index contributed by atoms with van der Waals surface area (Å²) in [6.45, 7) is 2.52. The summed E-state index contributed by atoms with van der Waals surface area (Å²) in [5.41, 5.74) is 1.86. The van der Waals surface area contributed by atoms with E-state index in [4.69, 9.17) is 10.2 Å². The maximum absolute atomic E-state index is 10.6. The number of hydrogen-bond donors (Lipinski definition) is 2. The molecule has 1 rings (SSSR count). The lowest BCUT2D eigenvalue weighted by molar-refractivity contribution is -0.137. The van der Waals surface area contributed by atoms with Gasteiger partial charge in [0.1, 0.15) is 0 Å². The number of anilines is 1. The minimum Gasteiger partial charge on any atom is -0.481 e. The largest absolute Gasteiger partial charge is 0.481 e. The Bertz CT molecular complexity index is 458. The third-order valence-electron chi connectivity index (χ3n) is 2.70. The molecule has 0 spiro atoms. The summed E-state index contributed by atoms with van der Waals surface area (Å²) in [5.74, 6) is -1.79. The quantitative estimate of drug-likeness (QED) is 0.803. The Balaban J connectivity index is 2.83. The van der Waals surface area contributed by atoms with E-state index in [2.05, 4.69) is 15.9 Å². The second kappa shape index (κ2) is 7.13. The Hall–Kier alpha value is -1.56. The van der Waals surface area contributed by atoms with Crippen LogP contribution in [0.5, 0.6) is 0 Å². The molecular weight excluding hydrogens is 314 g/mol. The lowest BCUT2D eigenvalue weighted by atomic mass is 10.2. The van der Waals surface area contributed by atoms with Crippen LogP contribution in [0.3, 0.4) is 0 Å². The average molecular weight is 330 g/mol. The van der Waals surface area contributed by atoms with Gasteiger partial charge in [0.25, 0.3) is 0 Å².